The van der Waals surface area contributed by atoms with Crippen molar-refractivity contribution in [1.29, 1.82) is 0 Å². The number of ether oxygens (including phenoxy) is 1. The lowest BCUT2D eigenvalue weighted by atomic mass is 10.2. The Kier molecular flexibility index (Phi) is 6.56. The van der Waals surface area contributed by atoms with Gasteiger partial charge < -0.3 is 15.2 Å². The molecule has 5 heteroatoms. The van der Waals surface area contributed by atoms with Gasteiger partial charge in [0, 0.05) is 12.8 Å². The molecule has 0 saturated heterocycles. The van der Waals surface area contributed by atoms with Crippen molar-refractivity contribution < 1.29 is 19.4 Å². The number of hydrogen-bond donors (Lipinski definition) is 2. The Morgan fingerprint density at radius 3 is 2.70 bits per heavy atom. The number of hydrogen-bond acceptors (Lipinski definition) is 3. The van der Waals surface area contributed by atoms with E-state index in [1.807, 2.05) is 26.0 Å². The summed E-state index contributed by atoms with van der Waals surface area (Å²) in [4.78, 5) is 22.1. The molecule has 0 fully saturated rings. The summed E-state index contributed by atoms with van der Waals surface area (Å²) in [6.45, 7) is 4.56. The van der Waals surface area contributed by atoms with Gasteiger partial charge in [0.05, 0.1) is 12.3 Å². The molecular formula is C15H21NO4. The lowest BCUT2D eigenvalue weighted by molar-refractivity contribution is -0.137. The normalized spacial score (nSPS) is 10.1. The quantitative estimate of drug-likeness (QED) is 0.767. The maximum atomic E-state index is 11.7. The van der Waals surface area contributed by atoms with E-state index in [9.17, 15) is 9.59 Å². The minimum absolute atomic E-state index is 0.000506. The fourth-order valence-electron chi connectivity index (χ4n) is 1.68. The van der Waals surface area contributed by atoms with Crippen LogP contribution in [0.15, 0.2) is 18.2 Å². The zero-order valence-electron chi connectivity index (χ0n) is 11.9. The van der Waals surface area contributed by atoms with E-state index >= 15 is 0 Å². The second-order valence-electron chi connectivity index (χ2n) is 4.64. The van der Waals surface area contributed by atoms with E-state index in [1.54, 1.807) is 6.07 Å². The standard InChI is InChI=1S/C15H21NO4/c1-3-9-20-13-10-11(2)7-8-12(13)16-14(17)5-4-6-15(18)19/h7-8,10H,3-6,9H2,1-2H3,(H,16,17)(H,18,19). The van der Waals surface area contributed by atoms with Gasteiger partial charge in [0.1, 0.15) is 5.75 Å². The van der Waals surface area contributed by atoms with Crippen LogP contribution in [0.5, 0.6) is 5.75 Å². The Hall–Kier alpha value is -2.04. The molecule has 1 aromatic carbocycles. The Morgan fingerprint density at radius 2 is 2.05 bits per heavy atom. The maximum Gasteiger partial charge on any atom is 0.303 e. The number of carboxylic acids is 1. The SMILES string of the molecule is CCCOc1cc(C)ccc1NC(=O)CCCC(=O)O. The van der Waals surface area contributed by atoms with Crippen molar-refractivity contribution in [2.24, 2.45) is 0 Å². The van der Waals surface area contributed by atoms with Crippen LogP contribution in [-0.4, -0.2) is 23.6 Å². The van der Waals surface area contributed by atoms with E-state index in [-0.39, 0.29) is 18.7 Å². The highest BCUT2D eigenvalue weighted by molar-refractivity contribution is 5.92. The second kappa shape index (κ2) is 8.19. The van der Waals surface area contributed by atoms with Gasteiger partial charge in [-0.3, -0.25) is 9.59 Å². The second-order valence-corrected chi connectivity index (χ2v) is 4.64. The average molecular weight is 279 g/mol. The fourth-order valence-corrected chi connectivity index (χ4v) is 1.68. The summed E-state index contributed by atoms with van der Waals surface area (Å²) >= 11 is 0. The highest BCUT2D eigenvalue weighted by atomic mass is 16.5. The molecule has 1 amide bonds. The molecule has 0 aliphatic heterocycles. The van der Waals surface area contributed by atoms with Crippen molar-refractivity contribution in [1.82, 2.24) is 0 Å². The lowest BCUT2D eigenvalue weighted by Crippen LogP contribution is -2.13. The molecular weight excluding hydrogens is 258 g/mol. The van der Waals surface area contributed by atoms with Gasteiger partial charge in [0.25, 0.3) is 0 Å². The topological polar surface area (TPSA) is 75.6 Å². The average Bonchev–Trinajstić information content (AvgIpc) is 2.38. The highest BCUT2D eigenvalue weighted by Gasteiger charge is 2.09. The molecule has 0 saturated carbocycles. The van der Waals surface area contributed by atoms with Crippen molar-refractivity contribution in [2.75, 3.05) is 11.9 Å². The summed E-state index contributed by atoms with van der Waals surface area (Å²) in [7, 11) is 0. The summed E-state index contributed by atoms with van der Waals surface area (Å²) in [6, 6.07) is 5.57. The van der Waals surface area contributed by atoms with Crippen molar-refractivity contribution in [2.45, 2.75) is 39.5 Å². The van der Waals surface area contributed by atoms with Crippen LogP contribution in [0, 0.1) is 6.92 Å². The van der Waals surface area contributed by atoms with Crippen LogP contribution in [0.2, 0.25) is 0 Å². The minimum Gasteiger partial charge on any atom is -0.491 e. The molecule has 110 valence electrons. The van der Waals surface area contributed by atoms with Crippen LogP contribution in [0.25, 0.3) is 0 Å². The van der Waals surface area contributed by atoms with E-state index in [2.05, 4.69) is 5.32 Å². The smallest absolute Gasteiger partial charge is 0.303 e. The highest BCUT2D eigenvalue weighted by Crippen LogP contribution is 2.26. The largest absolute Gasteiger partial charge is 0.491 e. The number of aryl methyl sites for hydroxylation is 1. The Bertz CT molecular complexity index is 471. The zero-order valence-corrected chi connectivity index (χ0v) is 11.9. The number of amides is 1. The van der Waals surface area contributed by atoms with Gasteiger partial charge in [-0.25, -0.2) is 0 Å². The molecule has 0 aliphatic carbocycles. The number of nitrogens with one attached hydrogen (secondary N) is 1. The summed E-state index contributed by atoms with van der Waals surface area (Å²) in [5.74, 6) is -0.435. The number of aliphatic carboxylic acids is 1. The number of benzene rings is 1. The Balaban J connectivity index is 2.61. The molecule has 0 radical (unpaired) electrons. The van der Waals surface area contributed by atoms with Crippen LogP contribution < -0.4 is 10.1 Å². The van der Waals surface area contributed by atoms with Crippen molar-refractivity contribution in [3.8, 4) is 5.75 Å². The first-order valence-electron chi connectivity index (χ1n) is 6.78. The molecule has 0 heterocycles. The lowest BCUT2D eigenvalue weighted by Gasteiger charge is -2.12. The summed E-state index contributed by atoms with van der Waals surface area (Å²) in [5, 5.41) is 11.3. The number of carboxylic acid groups (broad SMARTS) is 1. The first kappa shape index (κ1) is 16.0. The molecule has 20 heavy (non-hydrogen) atoms. The predicted octanol–water partition coefficient (Wildman–Crippen LogP) is 2.98. The van der Waals surface area contributed by atoms with Crippen LogP contribution in [0.4, 0.5) is 5.69 Å². The van der Waals surface area contributed by atoms with E-state index in [0.717, 1.165) is 12.0 Å². The maximum absolute atomic E-state index is 11.7. The Morgan fingerprint density at radius 1 is 1.30 bits per heavy atom. The van der Waals surface area contributed by atoms with Gasteiger partial charge in [-0.05, 0) is 37.5 Å². The molecule has 0 spiro atoms. The molecule has 1 rings (SSSR count). The Labute approximate surface area is 118 Å². The van der Waals surface area contributed by atoms with Crippen LogP contribution in [0.3, 0.4) is 0 Å². The number of carbonyl (C=O) groups excluding carboxylic acids is 1. The van der Waals surface area contributed by atoms with Crippen LogP contribution in [-0.2, 0) is 9.59 Å². The van der Waals surface area contributed by atoms with E-state index in [0.29, 0.717) is 24.5 Å². The molecule has 1 aromatic rings. The third-order valence-electron chi connectivity index (χ3n) is 2.67. The van der Waals surface area contributed by atoms with Crippen LogP contribution >= 0.6 is 0 Å². The summed E-state index contributed by atoms with van der Waals surface area (Å²) < 4.78 is 5.60. The van der Waals surface area contributed by atoms with Crippen molar-refractivity contribution in [3.63, 3.8) is 0 Å². The zero-order chi connectivity index (χ0) is 15.0. The molecule has 5 nitrogen and oxygen atoms in total. The molecule has 0 bridgehead atoms. The molecule has 0 aliphatic rings. The van der Waals surface area contributed by atoms with Gasteiger partial charge >= 0.3 is 5.97 Å². The van der Waals surface area contributed by atoms with Crippen molar-refractivity contribution in [3.05, 3.63) is 23.8 Å². The minimum atomic E-state index is -0.889. The molecule has 0 unspecified atom stereocenters. The number of carbonyl (C=O) groups is 2. The van der Waals surface area contributed by atoms with E-state index in [1.165, 1.54) is 0 Å². The number of rotatable bonds is 8. The van der Waals surface area contributed by atoms with Crippen molar-refractivity contribution >= 4 is 17.6 Å². The van der Waals surface area contributed by atoms with E-state index in [4.69, 9.17) is 9.84 Å². The monoisotopic (exact) mass is 279 g/mol. The third kappa shape index (κ3) is 5.73. The molecule has 2 N–H and O–H groups in total. The third-order valence-corrected chi connectivity index (χ3v) is 2.67. The molecule has 0 aromatic heterocycles. The van der Waals surface area contributed by atoms with Gasteiger partial charge in [-0.1, -0.05) is 13.0 Å². The first-order valence-corrected chi connectivity index (χ1v) is 6.78. The van der Waals surface area contributed by atoms with Crippen LogP contribution in [0.1, 0.15) is 38.2 Å². The van der Waals surface area contributed by atoms with Gasteiger partial charge in [-0.15, -0.1) is 0 Å². The first-order chi connectivity index (χ1) is 9.52. The summed E-state index contributed by atoms with van der Waals surface area (Å²) in [6.07, 6.45) is 1.41. The summed E-state index contributed by atoms with van der Waals surface area (Å²) in [5.41, 5.74) is 1.68. The number of anilines is 1. The van der Waals surface area contributed by atoms with Gasteiger partial charge in [-0.2, -0.15) is 0 Å². The fraction of sp³-hybridized carbons (Fsp3) is 0.467. The van der Waals surface area contributed by atoms with E-state index < -0.39 is 5.97 Å². The van der Waals surface area contributed by atoms with Gasteiger partial charge in [0.15, 0.2) is 0 Å². The van der Waals surface area contributed by atoms with Gasteiger partial charge in [0.2, 0.25) is 5.91 Å². The predicted molar refractivity (Wildman–Crippen MR) is 77.1 cm³/mol. The molecule has 0 atom stereocenters.